The molecule has 1 heterocycles. The molecule has 0 radical (unpaired) electrons. The van der Waals surface area contributed by atoms with E-state index in [2.05, 4.69) is 29.8 Å². The van der Waals surface area contributed by atoms with Gasteiger partial charge in [-0.15, -0.1) is 11.3 Å². The van der Waals surface area contributed by atoms with Gasteiger partial charge in [-0.1, -0.05) is 6.07 Å². The first-order valence-corrected chi connectivity index (χ1v) is 7.06. The Balaban J connectivity index is 1.90. The molecule has 1 unspecified atom stereocenters. The third-order valence-corrected chi connectivity index (χ3v) is 3.62. The first kappa shape index (κ1) is 14.6. The average molecular weight is 257 g/mol. The van der Waals surface area contributed by atoms with Crippen molar-refractivity contribution >= 4 is 11.3 Å². The smallest absolute Gasteiger partial charge is 0.0700 e. The van der Waals surface area contributed by atoms with Gasteiger partial charge in [0.25, 0.3) is 0 Å². The summed E-state index contributed by atoms with van der Waals surface area (Å²) < 4.78 is 10.3. The summed E-state index contributed by atoms with van der Waals surface area (Å²) in [5.41, 5.74) is 0. The predicted octanol–water partition coefficient (Wildman–Crippen LogP) is 2.84. The molecule has 0 aromatic carbocycles. The first-order valence-electron chi connectivity index (χ1n) is 6.18. The van der Waals surface area contributed by atoms with E-state index in [0.29, 0.717) is 19.3 Å². The first-order chi connectivity index (χ1) is 8.34. The summed E-state index contributed by atoms with van der Waals surface area (Å²) >= 11 is 1.81. The lowest BCUT2D eigenvalue weighted by molar-refractivity contribution is 0.0687. The van der Waals surface area contributed by atoms with E-state index in [4.69, 9.17) is 9.47 Å². The molecule has 1 rings (SSSR count). The third kappa shape index (κ3) is 6.78. The van der Waals surface area contributed by atoms with Gasteiger partial charge in [0.1, 0.15) is 0 Å². The summed E-state index contributed by atoms with van der Waals surface area (Å²) in [6.07, 6.45) is 2.26. The molecule has 17 heavy (non-hydrogen) atoms. The zero-order chi connectivity index (χ0) is 12.3. The van der Waals surface area contributed by atoms with E-state index >= 15 is 0 Å². The van der Waals surface area contributed by atoms with Crippen LogP contribution in [0.15, 0.2) is 17.5 Å². The van der Waals surface area contributed by atoms with Crippen LogP contribution in [0.4, 0.5) is 0 Å². The number of hydrogen-bond donors (Lipinski definition) is 1. The fourth-order valence-corrected chi connectivity index (χ4v) is 2.29. The number of thiophene rings is 1. The van der Waals surface area contributed by atoms with Crippen LogP contribution in [-0.2, 0) is 9.47 Å². The van der Waals surface area contributed by atoms with Crippen molar-refractivity contribution in [1.82, 2.24) is 5.32 Å². The van der Waals surface area contributed by atoms with E-state index < -0.39 is 0 Å². The van der Waals surface area contributed by atoms with Gasteiger partial charge in [0.15, 0.2) is 0 Å². The van der Waals surface area contributed by atoms with Crippen LogP contribution >= 0.6 is 11.3 Å². The van der Waals surface area contributed by atoms with Crippen LogP contribution in [0, 0.1) is 0 Å². The highest BCUT2D eigenvalue weighted by molar-refractivity contribution is 7.10. The summed E-state index contributed by atoms with van der Waals surface area (Å²) in [6, 6.07) is 4.74. The minimum Gasteiger partial charge on any atom is -0.382 e. The molecule has 0 saturated heterocycles. The molecular weight excluding hydrogens is 234 g/mol. The van der Waals surface area contributed by atoms with Crippen molar-refractivity contribution in [3.63, 3.8) is 0 Å². The van der Waals surface area contributed by atoms with E-state index in [1.54, 1.807) is 7.11 Å². The Hall–Kier alpha value is -0.420. The van der Waals surface area contributed by atoms with Crippen molar-refractivity contribution < 1.29 is 9.47 Å². The highest BCUT2D eigenvalue weighted by atomic mass is 32.1. The van der Waals surface area contributed by atoms with Gasteiger partial charge in [-0.25, -0.2) is 0 Å². The average Bonchev–Trinajstić information content (AvgIpc) is 2.86. The zero-order valence-electron chi connectivity index (χ0n) is 10.8. The summed E-state index contributed by atoms with van der Waals surface area (Å²) in [5, 5.41) is 5.64. The highest BCUT2D eigenvalue weighted by Crippen LogP contribution is 2.17. The fraction of sp³-hybridized carbons (Fsp3) is 0.692. The molecule has 0 fully saturated rings. The number of ether oxygens (including phenoxy) is 2. The molecule has 0 aliphatic rings. The number of rotatable bonds is 10. The molecule has 3 nitrogen and oxygen atoms in total. The molecule has 1 N–H and O–H groups in total. The maximum atomic E-state index is 5.40. The van der Waals surface area contributed by atoms with E-state index in [0.717, 1.165) is 26.0 Å². The Morgan fingerprint density at radius 1 is 1.29 bits per heavy atom. The SMILES string of the molecule is COCCOCCCCNC(C)c1cccs1. The molecule has 1 aromatic heterocycles. The third-order valence-electron chi connectivity index (χ3n) is 2.57. The Morgan fingerprint density at radius 3 is 2.88 bits per heavy atom. The van der Waals surface area contributed by atoms with Crippen LogP contribution in [-0.4, -0.2) is 33.5 Å². The van der Waals surface area contributed by atoms with Gasteiger partial charge >= 0.3 is 0 Å². The normalized spacial score (nSPS) is 12.8. The Morgan fingerprint density at radius 2 is 2.18 bits per heavy atom. The molecule has 4 heteroatoms. The van der Waals surface area contributed by atoms with Crippen LogP contribution < -0.4 is 5.32 Å². The van der Waals surface area contributed by atoms with E-state index in [1.165, 1.54) is 4.88 Å². The second kappa shape index (κ2) is 9.59. The lowest BCUT2D eigenvalue weighted by Crippen LogP contribution is -2.19. The second-order valence-electron chi connectivity index (χ2n) is 4.00. The summed E-state index contributed by atoms with van der Waals surface area (Å²) in [5.74, 6) is 0. The van der Waals surface area contributed by atoms with Crippen molar-refractivity contribution in [2.45, 2.75) is 25.8 Å². The van der Waals surface area contributed by atoms with Crippen molar-refractivity contribution in [2.24, 2.45) is 0 Å². The molecule has 0 aliphatic carbocycles. The van der Waals surface area contributed by atoms with E-state index in [1.807, 2.05) is 11.3 Å². The Bertz CT molecular complexity index is 264. The van der Waals surface area contributed by atoms with E-state index in [9.17, 15) is 0 Å². The van der Waals surface area contributed by atoms with E-state index in [-0.39, 0.29) is 0 Å². The monoisotopic (exact) mass is 257 g/mol. The number of unbranched alkanes of at least 4 members (excludes halogenated alkanes) is 1. The molecular formula is C13H23NO2S. The minimum absolute atomic E-state index is 0.462. The lowest BCUT2D eigenvalue weighted by Gasteiger charge is -2.11. The molecule has 1 aromatic rings. The Kier molecular flexibility index (Phi) is 8.26. The van der Waals surface area contributed by atoms with Crippen molar-refractivity contribution in [3.8, 4) is 0 Å². The number of methoxy groups -OCH3 is 1. The van der Waals surface area contributed by atoms with Gasteiger partial charge in [-0.2, -0.15) is 0 Å². The Labute approximate surface area is 108 Å². The van der Waals surface area contributed by atoms with Crippen LogP contribution in [0.3, 0.4) is 0 Å². The van der Waals surface area contributed by atoms with Crippen molar-refractivity contribution in [2.75, 3.05) is 33.5 Å². The highest BCUT2D eigenvalue weighted by Gasteiger charge is 2.03. The van der Waals surface area contributed by atoms with Crippen LogP contribution in [0.1, 0.15) is 30.7 Å². The maximum Gasteiger partial charge on any atom is 0.0700 e. The molecule has 0 aliphatic heterocycles. The van der Waals surface area contributed by atoms with Gasteiger partial charge < -0.3 is 14.8 Å². The largest absolute Gasteiger partial charge is 0.382 e. The van der Waals surface area contributed by atoms with Crippen LogP contribution in [0.5, 0.6) is 0 Å². The summed E-state index contributed by atoms with van der Waals surface area (Å²) in [4.78, 5) is 1.40. The quantitative estimate of drug-likeness (QED) is 0.654. The molecule has 0 spiro atoms. The van der Waals surface area contributed by atoms with Gasteiger partial charge in [0.2, 0.25) is 0 Å². The fourth-order valence-electron chi connectivity index (χ4n) is 1.53. The molecule has 98 valence electrons. The molecule has 1 atom stereocenters. The van der Waals surface area contributed by atoms with Crippen LogP contribution in [0.25, 0.3) is 0 Å². The summed E-state index contributed by atoms with van der Waals surface area (Å²) in [6.45, 7) is 5.48. The number of nitrogens with one attached hydrogen (secondary N) is 1. The predicted molar refractivity (Wildman–Crippen MR) is 72.7 cm³/mol. The maximum absolute atomic E-state index is 5.40. The molecule has 0 amide bonds. The van der Waals surface area contributed by atoms with Gasteiger partial charge in [-0.3, -0.25) is 0 Å². The van der Waals surface area contributed by atoms with Gasteiger partial charge in [0, 0.05) is 24.6 Å². The van der Waals surface area contributed by atoms with Gasteiger partial charge in [-0.05, 0) is 37.8 Å². The van der Waals surface area contributed by atoms with Gasteiger partial charge in [0.05, 0.1) is 13.2 Å². The second-order valence-corrected chi connectivity index (χ2v) is 4.98. The van der Waals surface area contributed by atoms with Crippen molar-refractivity contribution in [3.05, 3.63) is 22.4 Å². The van der Waals surface area contributed by atoms with Crippen molar-refractivity contribution in [1.29, 1.82) is 0 Å². The summed E-state index contributed by atoms with van der Waals surface area (Å²) in [7, 11) is 1.69. The molecule has 0 bridgehead atoms. The lowest BCUT2D eigenvalue weighted by atomic mass is 10.2. The van der Waals surface area contributed by atoms with Crippen LogP contribution in [0.2, 0.25) is 0 Å². The minimum atomic E-state index is 0.462. The zero-order valence-corrected chi connectivity index (χ0v) is 11.6. The molecule has 0 saturated carbocycles. The number of hydrogen-bond acceptors (Lipinski definition) is 4. The topological polar surface area (TPSA) is 30.5 Å². The standard InChI is InChI=1S/C13H23NO2S/c1-12(13-6-5-11-17-13)14-7-3-4-8-16-10-9-15-2/h5-6,11-12,14H,3-4,7-10H2,1-2H3.